The largest absolute Gasteiger partial charge is 0.457 e. The summed E-state index contributed by atoms with van der Waals surface area (Å²) in [6.45, 7) is 2.21. The molecule has 2 fully saturated rings. The van der Waals surface area contributed by atoms with E-state index in [0.717, 1.165) is 54.2 Å². The highest BCUT2D eigenvalue weighted by Crippen LogP contribution is 2.50. The van der Waals surface area contributed by atoms with Crippen LogP contribution in [0, 0.1) is 17.8 Å². The number of rotatable bonds is 5. The highest BCUT2D eigenvalue weighted by molar-refractivity contribution is 5.82. The van der Waals surface area contributed by atoms with E-state index >= 15 is 0 Å². The second-order valence-electron chi connectivity index (χ2n) is 7.58. The molecule has 2 aromatic carbocycles. The highest BCUT2D eigenvalue weighted by Gasteiger charge is 2.52. The van der Waals surface area contributed by atoms with Crippen LogP contribution in [0.25, 0.3) is 11.1 Å². The van der Waals surface area contributed by atoms with E-state index in [4.69, 9.17) is 16.2 Å². The maximum Gasteiger partial charge on any atom is 0.137 e. The van der Waals surface area contributed by atoms with Gasteiger partial charge in [-0.3, -0.25) is 0 Å². The van der Waals surface area contributed by atoms with Crippen molar-refractivity contribution in [3.05, 3.63) is 60.4 Å². The predicted molar refractivity (Wildman–Crippen MR) is 110 cm³/mol. The van der Waals surface area contributed by atoms with Crippen LogP contribution >= 0.6 is 0 Å². The number of nitrogens with zero attached hydrogens (tertiary/aromatic N) is 2. The number of aromatic nitrogens is 2. The maximum atomic E-state index is 6.25. The van der Waals surface area contributed by atoms with E-state index in [1.54, 1.807) is 0 Å². The fraction of sp³-hybridized carbons (Fsp3) is 0.273. The first kappa shape index (κ1) is 17.0. The van der Waals surface area contributed by atoms with Gasteiger partial charge in [0.05, 0.1) is 5.56 Å². The number of hydrogen-bond donors (Lipinski definition) is 3. The minimum absolute atomic E-state index is 0.433. The molecule has 3 atom stereocenters. The van der Waals surface area contributed by atoms with Gasteiger partial charge in [-0.05, 0) is 60.7 Å². The molecule has 28 heavy (non-hydrogen) atoms. The minimum atomic E-state index is 0.433. The van der Waals surface area contributed by atoms with Crippen molar-refractivity contribution in [1.29, 1.82) is 0 Å². The Balaban J connectivity index is 1.34. The van der Waals surface area contributed by atoms with Crippen LogP contribution in [-0.2, 0) is 6.42 Å². The van der Waals surface area contributed by atoms with Gasteiger partial charge >= 0.3 is 0 Å². The van der Waals surface area contributed by atoms with Gasteiger partial charge in [0.2, 0.25) is 0 Å². The summed E-state index contributed by atoms with van der Waals surface area (Å²) in [5.41, 5.74) is 14.1. The quantitative estimate of drug-likeness (QED) is 0.635. The number of ether oxygens (including phenoxy) is 1. The molecule has 142 valence electrons. The van der Waals surface area contributed by atoms with Crippen molar-refractivity contribution in [2.45, 2.75) is 6.42 Å². The summed E-state index contributed by atoms with van der Waals surface area (Å²) in [5, 5.41) is 3.41. The normalized spacial score (nSPS) is 22.6. The van der Waals surface area contributed by atoms with Gasteiger partial charge in [0.1, 0.15) is 29.0 Å². The number of anilines is 2. The molecule has 0 spiro atoms. The van der Waals surface area contributed by atoms with Gasteiger partial charge in [-0.1, -0.05) is 30.3 Å². The van der Waals surface area contributed by atoms with E-state index < -0.39 is 0 Å². The Kier molecular flexibility index (Phi) is 4.13. The summed E-state index contributed by atoms with van der Waals surface area (Å²) in [5.74, 6) is 5.36. The summed E-state index contributed by atoms with van der Waals surface area (Å²) < 4.78 is 5.84. The van der Waals surface area contributed by atoms with E-state index in [1.165, 1.54) is 0 Å². The third-order valence-corrected chi connectivity index (χ3v) is 5.82. The molecule has 6 heteroatoms. The topological polar surface area (TPSA) is 99.1 Å². The molecular weight excluding hydrogens is 350 g/mol. The molecule has 6 nitrogen and oxygen atoms in total. The zero-order valence-corrected chi connectivity index (χ0v) is 15.5. The van der Waals surface area contributed by atoms with Crippen molar-refractivity contribution in [2.75, 3.05) is 24.6 Å². The lowest BCUT2D eigenvalue weighted by molar-refractivity contribution is 0.483. The molecule has 1 aromatic heterocycles. The third-order valence-electron chi connectivity index (χ3n) is 5.82. The van der Waals surface area contributed by atoms with Gasteiger partial charge in [0, 0.05) is 6.42 Å². The van der Waals surface area contributed by atoms with Crippen molar-refractivity contribution >= 4 is 11.6 Å². The zero-order valence-electron chi connectivity index (χ0n) is 15.5. The van der Waals surface area contributed by atoms with Gasteiger partial charge < -0.3 is 21.5 Å². The highest BCUT2D eigenvalue weighted by atomic mass is 16.5. The molecule has 0 amide bonds. The average molecular weight is 373 g/mol. The SMILES string of the molecule is Nc1nc(CC2[C@H]3CNC[C@@H]23)nc(N)c1-c1ccc(Oc2ccccc2)cc1. The van der Waals surface area contributed by atoms with E-state index in [-0.39, 0.29) is 0 Å². The van der Waals surface area contributed by atoms with Crippen LogP contribution < -0.4 is 21.5 Å². The lowest BCUT2D eigenvalue weighted by Gasteiger charge is -2.12. The standard InChI is InChI=1S/C22H23N5O/c23-21-20(13-6-8-15(9-7-13)28-14-4-2-1-3-5-14)22(24)27-19(26-21)10-16-17-11-25-12-18(16)17/h1-9,16-18,25H,10-12H2,(H4,23,24,26,27)/t16?,17-,18+. The molecule has 1 saturated carbocycles. The average Bonchev–Trinajstić information content (AvgIpc) is 3.11. The van der Waals surface area contributed by atoms with Crippen LogP contribution in [0.4, 0.5) is 11.6 Å². The Morgan fingerprint density at radius 2 is 1.46 bits per heavy atom. The van der Waals surface area contributed by atoms with Gasteiger partial charge in [-0.25, -0.2) is 9.97 Å². The molecule has 5 N–H and O–H groups in total. The number of nitrogens with two attached hydrogens (primary N) is 2. The monoisotopic (exact) mass is 373 g/mol. The number of fused-ring (bicyclic) bond motifs is 1. The molecule has 1 saturated heterocycles. The van der Waals surface area contributed by atoms with Crippen molar-refractivity contribution in [3.63, 3.8) is 0 Å². The molecular formula is C22H23N5O. The summed E-state index contributed by atoms with van der Waals surface area (Å²) in [4.78, 5) is 9.09. The first-order valence-electron chi connectivity index (χ1n) is 9.65. The Labute approximate surface area is 164 Å². The van der Waals surface area contributed by atoms with E-state index in [0.29, 0.717) is 23.1 Å². The summed E-state index contributed by atoms with van der Waals surface area (Å²) >= 11 is 0. The fourth-order valence-electron chi connectivity index (χ4n) is 4.31. The Morgan fingerprint density at radius 3 is 2.11 bits per heavy atom. The third kappa shape index (κ3) is 3.16. The Morgan fingerprint density at radius 1 is 0.857 bits per heavy atom. The molecule has 3 aromatic rings. The van der Waals surface area contributed by atoms with E-state index in [1.807, 2.05) is 54.6 Å². The minimum Gasteiger partial charge on any atom is -0.457 e. The van der Waals surface area contributed by atoms with Crippen LogP contribution in [0.3, 0.4) is 0 Å². The van der Waals surface area contributed by atoms with Crippen LogP contribution in [0.5, 0.6) is 11.5 Å². The van der Waals surface area contributed by atoms with E-state index in [9.17, 15) is 0 Å². The molecule has 2 heterocycles. The molecule has 2 aliphatic rings. The first-order chi connectivity index (χ1) is 13.7. The number of nitrogens with one attached hydrogen (secondary N) is 1. The molecule has 5 rings (SSSR count). The van der Waals surface area contributed by atoms with Crippen molar-refractivity contribution < 1.29 is 4.74 Å². The molecule has 0 bridgehead atoms. The number of piperidine rings is 1. The zero-order chi connectivity index (χ0) is 19.1. The smallest absolute Gasteiger partial charge is 0.137 e. The predicted octanol–water partition coefficient (Wildman–Crippen LogP) is 3.11. The van der Waals surface area contributed by atoms with Crippen LogP contribution in [0.2, 0.25) is 0 Å². The molecule has 1 unspecified atom stereocenters. The molecule has 1 aliphatic carbocycles. The van der Waals surface area contributed by atoms with Crippen LogP contribution in [-0.4, -0.2) is 23.1 Å². The molecule has 0 radical (unpaired) electrons. The van der Waals surface area contributed by atoms with Crippen LogP contribution in [0.1, 0.15) is 5.82 Å². The second-order valence-corrected chi connectivity index (χ2v) is 7.58. The van der Waals surface area contributed by atoms with Crippen molar-refractivity contribution in [3.8, 4) is 22.6 Å². The number of benzene rings is 2. The summed E-state index contributed by atoms with van der Waals surface area (Å²) in [6, 6.07) is 17.3. The number of para-hydroxylation sites is 1. The van der Waals surface area contributed by atoms with Gasteiger partial charge in [-0.15, -0.1) is 0 Å². The fourth-order valence-corrected chi connectivity index (χ4v) is 4.31. The number of hydrogen-bond acceptors (Lipinski definition) is 6. The summed E-state index contributed by atoms with van der Waals surface area (Å²) in [6.07, 6.45) is 0.857. The van der Waals surface area contributed by atoms with E-state index in [2.05, 4.69) is 15.3 Å². The summed E-state index contributed by atoms with van der Waals surface area (Å²) in [7, 11) is 0. The van der Waals surface area contributed by atoms with Gasteiger partial charge in [-0.2, -0.15) is 0 Å². The van der Waals surface area contributed by atoms with Crippen molar-refractivity contribution in [2.24, 2.45) is 17.8 Å². The molecule has 1 aliphatic heterocycles. The van der Waals surface area contributed by atoms with Crippen molar-refractivity contribution in [1.82, 2.24) is 15.3 Å². The maximum absolute atomic E-state index is 6.25. The lowest BCUT2D eigenvalue weighted by Crippen LogP contribution is -2.16. The Hall–Kier alpha value is -3.12. The lowest BCUT2D eigenvalue weighted by atomic mass is 10.1. The second kappa shape index (κ2) is 6.80. The Bertz CT molecular complexity index is 957. The first-order valence-corrected chi connectivity index (χ1v) is 9.65. The van der Waals surface area contributed by atoms with Gasteiger partial charge in [0.15, 0.2) is 0 Å². The van der Waals surface area contributed by atoms with Gasteiger partial charge in [0.25, 0.3) is 0 Å². The van der Waals surface area contributed by atoms with Crippen LogP contribution in [0.15, 0.2) is 54.6 Å². The number of nitrogen functional groups attached to an aromatic ring is 2.